The number of guanidine groups is 1. The van der Waals surface area contributed by atoms with Crippen molar-refractivity contribution < 1.29 is 14.2 Å². The van der Waals surface area contributed by atoms with Crippen molar-refractivity contribution in [3.05, 3.63) is 23.8 Å². The van der Waals surface area contributed by atoms with Crippen LogP contribution in [0.4, 0.5) is 0 Å². The maximum absolute atomic E-state index is 6.03. The Morgan fingerprint density at radius 1 is 1.30 bits per heavy atom. The number of hydrogen-bond donors (Lipinski definition) is 1. The maximum atomic E-state index is 6.03. The van der Waals surface area contributed by atoms with Gasteiger partial charge in [-0.15, -0.1) is 24.0 Å². The molecule has 2 aliphatic heterocycles. The van der Waals surface area contributed by atoms with Crippen LogP contribution < -0.4 is 14.8 Å². The molecule has 0 amide bonds. The molecule has 0 radical (unpaired) electrons. The van der Waals surface area contributed by atoms with Gasteiger partial charge in [-0.2, -0.15) is 0 Å². The average Bonchev–Trinajstić information content (AvgIpc) is 3.21. The SMILES string of the molecule is CN=C(NC1C2CCOC2C12CCC2)N(C)Cc1ccc2c(c1)OCO2.I. The van der Waals surface area contributed by atoms with Gasteiger partial charge in [-0.1, -0.05) is 12.5 Å². The second kappa shape index (κ2) is 7.31. The third-order valence-corrected chi connectivity index (χ3v) is 6.75. The molecule has 2 saturated carbocycles. The van der Waals surface area contributed by atoms with E-state index in [1.807, 2.05) is 13.1 Å². The van der Waals surface area contributed by atoms with E-state index in [4.69, 9.17) is 14.2 Å². The molecular formula is C20H28IN3O3. The number of nitrogens with one attached hydrogen (secondary N) is 1. The summed E-state index contributed by atoms with van der Waals surface area (Å²) in [5.41, 5.74) is 1.55. The van der Waals surface area contributed by atoms with Gasteiger partial charge >= 0.3 is 0 Å². The molecule has 0 aromatic heterocycles. The van der Waals surface area contributed by atoms with Gasteiger partial charge < -0.3 is 24.4 Å². The van der Waals surface area contributed by atoms with Crippen LogP contribution in [-0.4, -0.2) is 50.5 Å². The number of benzene rings is 1. The van der Waals surface area contributed by atoms with Crippen molar-refractivity contribution in [2.75, 3.05) is 27.5 Å². The summed E-state index contributed by atoms with van der Waals surface area (Å²) >= 11 is 0. The van der Waals surface area contributed by atoms with Gasteiger partial charge in [0.15, 0.2) is 17.5 Å². The number of aliphatic imine (C=N–C) groups is 1. The van der Waals surface area contributed by atoms with E-state index in [2.05, 4.69) is 34.4 Å². The summed E-state index contributed by atoms with van der Waals surface area (Å²) in [6.45, 7) is 2.01. The van der Waals surface area contributed by atoms with Crippen LogP contribution in [0.2, 0.25) is 0 Å². The van der Waals surface area contributed by atoms with Gasteiger partial charge in [-0.3, -0.25) is 4.99 Å². The zero-order valence-corrected chi connectivity index (χ0v) is 18.3. The Bertz CT molecular complexity index is 737. The highest BCUT2D eigenvalue weighted by Gasteiger charge is 2.66. The first-order valence-electron chi connectivity index (χ1n) is 9.66. The van der Waals surface area contributed by atoms with E-state index in [1.165, 1.54) is 31.2 Å². The number of halogens is 1. The molecule has 5 rings (SSSR count). The first kappa shape index (κ1) is 19.1. The van der Waals surface area contributed by atoms with Crippen molar-refractivity contribution in [2.24, 2.45) is 16.3 Å². The van der Waals surface area contributed by atoms with Crippen molar-refractivity contribution in [3.8, 4) is 11.5 Å². The highest BCUT2D eigenvalue weighted by Crippen LogP contribution is 2.62. The predicted molar refractivity (Wildman–Crippen MR) is 114 cm³/mol. The maximum Gasteiger partial charge on any atom is 0.231 e. The number of rotatable bonds is 3. The van der Waals surface area contributed by atoms with E-state index in [1.54, 1.807) is 0 Å². The molecule has 6 nitrogen and oxygen atoms in total. The smallest absolute Gasteiger partial charge is 0.231 e. The highest BCUT2D eigenvalue weighted by atomic mass is 127. The molecular weight excluding hydrogens is 457 g/mol. The summed E-state index contributed by atoms with van der Waals surface area (Å²) in [5, 5.41) is 3.78. The molecule has 3 atom stereocenters. The van der Waals surface area contributed by atoms with E-state index in [0.717, 1.165) is 30.6 Å². The van der Waals surface area contributed by atoms with E-state index >= 15 is 0 Å². The molecule has 4 aliphatic rings. The minimum absolute atomic E-state index is 0. The fourth-order valence-electron chi connectivity index (χ4n) is 5.33. The zero-order chi connectivity index (χ0) is 17.7. The van der Waals surface area contributed by atoms with Gasteiger partial charge in [0, 0.05) is 44.6 Å². The van der Waals surface area contributed by atoms with Crippen molar-refractivity contribution in [2.45, 2.75) is 44.4 Å². The molecule has 0 bridgehead atoms. The van der Waals surface area contributed by atoms with Gasteiger partial charge in [0.05, 0.1) is 6.10 Å². The Hall–Kier alpha value is -1.22. The zero-order valence-electron chi connectivity index (χ0n) is 15.9. The fourth-order valence-corrected chi connectivity index (χ4v) is 5.33. The van der Waals surface area contributed by atoms with Crippen LogP contribution in [0, 0.1) is 11.3 Å². The molecule has 1 aromatic carbocycles. The van der Waals surface area contributed by atoms with Crippen molar-refractivity contribution >= 4 is 29.9 Å². The lowest BCUT2D eigenvalue weighted by molar-refractivity contribution is -0.171. The molecule has 1 saturated heterocycles. The molecule has 2 heterocycles. The summed E-state index contributed by atoms with van der Waals surface area (Å²) in [6, 6.07) is 6.64. The number of fused-ring (bicyclic) bond motifs is 3. The van der Waals surface area contributed by atoms with E-state index in [0.29, 0.717) is 30.3 Å². The monoisotopic (exact) mass is 485 g/mol. The van der Waals surface area contributed by atoms with Crippen LogP contribution in [0.5, 0.6) is 11.5 Å². The van der Waals surface area contributed by atoms with Crippen LogP contribution in [0.15, 0.2) is 23.2 Å². The minimum atomic E-state index is 0. The number of hydrogen-bond acceptors (Lipinski definition) is 4. The third-order valence-electron chi connectivity index (χ3n) is 6.75. The van der Waals surface area contributed by atoms with Crippen molar-refractivity contribution in [1.29, 1.82) is 0 Å². The van der Waals surface area contributed by atoms with Crippen LogP contribution in [-0.2, 0) is 11.3 Å². The first-order chi connectivity index (χ1) is 12.7. The molecule has 1 spiro atoms. The lowest BCUT2D eigenvalue weighted by atomic mass is 9.46. The summed E-state index contributed by atoms with van der Waals surface area (Å²) < 4.78 is 16.9. The van der Waals surface area contributed by atoms with E-state index in [-0.39, 0.29) is 24.0 Å². The molecule has 1 aromatic rings. The van der Waals surface area contributed by atoms with Gasteiger partial charge in [0.2, 0.25) is 6.79 Å². The Morgan fingerprint density at radius 2 is 2.11 bits per heavy atom. The first-order valence-corrected chi connectivity index (χ1v) is 9.66. The lowest BCUT2D eigenvalue weighted by Crippen LogP contribution is -2.72. The Kier molecular flexibility index (Phi) is 5.18. The van der Waals surface area contributed by atoms with Crippen LogP contribution in [0.25, 0.3) is 0 Å². The number of nitrogens with zero attached hydrogens (tertiary/aromatic N) is 2. The largest absolute Gasteiger partial charge is 0.454 e. The highest BCUT2D eigenvalue weighted by molar-refractivity contribution is 14.0. The van der Waals surface area contributed by atoms with Gasteiger partial charge in [0.25, 0.3) is 0 Å². The topological polar surface area (TPSA) is 55.3 Å². The summed E-state index contributed by atoms with van der Waals surface area (Å²) in [4.78, 5) is 6.74. The predicted octanol–water partition coefficient (Wildman–Crippen LogP) is 3.00. The Labute approximate surface area is 177 Å². The van der Waals surface area contributed by atoms with Crippen molar-refractivity contribution in [1.82, 2.24) is 10.2 Å². The van der Waals surface area contributed by atoms with Gasteiger partial charge in [-0.05, 0) is 37.0 Å². The summed E-state index contributed by atoms with van der Waals surface area (Å²) in [5.74, 6) is 3.26. The van der Waals surface area contributed by atoms with Crippen LogP contribution >= 0.6 is 24.0 Å². The summed E-state index contributed by atoms with van der Waals surface area (Å²) in [6.07, 6.45) is 5.55. The average molecular weight is 485 g/mol. The second-order valence-corrected chi connectivity index (χ2v) is 8.04. The molecule has 3 unspecified atom stereocenters. The lowest BCUT2D eigenvalue weighted by Gasteiger charge is -2.63. The minimum Gasteiger partial charge on any atom is -0.454 e. The molecule has 7 heteroatoms. The normalized spacial score (nSPS) is 29.4. The summed E-state index contributed by atoms with van der Waals surface area (Å²) in [7, 11) is 3.96. The third kappa shape index (κ3) is 2.97. The standard InChI is InChI=1S/C20H27N3O3.HI/c1-21-19(22-17-14-6-9-24-18(14)20(17)7-3-8-20)23(2)11-13-4-5-15-16(10-13)26-12-25-15;/h4-5,10,14,17-18H,3,6-9,11-12H2,1-2H3,(H,21,22);1H. The fraction of sp³-hybridized carbons (Fsp3) is 0.650. The molecule has 27 heavy (non-hydrogen) atoms. The Balaban J connectivity index is 0.00000180. The van der Waals surface area contributed by atoms with E-state index in [9.17, 15) is 0 Å². The number of ether oxygens (including phenoxy) is 3. The van der Waals surface area contributed by atoms with Crippen LogP contribution in [0.3, 0.4) is 0 Å². The quantitative estimate of drug-likeness (QED) is 0.406. The molecule has 148 valence electrons. The molecule has 2 aliphatic carbocycles. The molecule has 1 N–H and O–H groups in total. The Morgan fingerprint density at radius 3 is 2.85 bits per heavy atom. The van der Waals surface area contributed by atoms with Crippen molar-refractivity contribution in [3.63, 3.8) is 0 Å². The second-order valence-electron chi connectivity index (χ2n) is 8.04. The van der Waals surface area contributed by atoms with Gasteiger partial charge in [-0.25, -0.2) is 0 Å². The molecule has 3 fully saturated rings. The van der Waals surface area contributed by atoms with Gasteiger partial charge in [0.1, 0.15) is 0 Å². The van der Waals surface area contributed by atoms with Crippen LogP contribution in [0.1, 0.15) is 31.2 Å². The van der Waals surface area contributed by atoms with E-state index < -0.39 is 0 Å².